The summed E-state index contributed by atoms with van der Waals surface area (Å²) < 4.78 is 45.7. The van der Waals surface area contributed by atoms with Crippen LogP contribution in [0.3, 0.4) is 0 Å². The van der Waals surface area contributed by atoms with Crippen LogP contribution in [0.15, 0.2) is 50.5 Å². The van der Waals surface area contributed by atoms with Gasteiger partial charge in [0.05, 0.1) is 28.7 Å². The third-order valence-electron chi connectivity index (χ3n) is 4.33. The minimum Gasteiger partial charge on any atom is -0.415 e. The highest BCUT2D eigenvalue weighted by Gasteiger charge is 2.17. The Balaban J connectivity index is 1.70. The highest BCUT2D eigenvalue weighted by atomic mass is 19.3. The molecule has 0 fully saturated rings. The smallest absolute Gasteiger partial charge is 0.331 e. The van der Waals surface area contributed by atoms with Gasteiger partial charge in [-0.2, -0.15) is 8.78 Å². The van der Waals surface area contributed by atoms with Gasteiger partial charge in [-0.3, -0.25) is 18.9 Å². The average Bonchev–Trinajstić information content (AvgIpc) is 3.20. The number of aryl methyl sites for hydroxylation is 1. The first kappa shape index (κ1) is 18.6. The lowest BCUT2D eigenvalue weighted by atomic mass is 10.2. The van der Waals surface area contributed by atoms with E-state index in [1.165, 1.54) is 42.1 Å². The van der Waals surface area contributed by atoms with Gasteiger partial charge in [0.25, 0.3) is 11.4 Å². The molecule has 3 aromatic heterocycles. The molecule has 0 spiro atoms. The van der Waals surface area contributed by atoms with E-state index in [4.69, 9.17) is 4.42 Å². The predicted octanol–water partition coefficient (Wildman–Crippen LogP) is 2.27. The molecule has 0 N–H and O–H groups in total. The van der Waals surface area contributed by atoms with Gasteiger partial charge >= 0.3 is 12.1 Å². The number of hydrogen-bond acceptors (Lipinski definition) is 6. The summed E-state index contributed by atoms with van der Waals surface area (Å²) >= 11 is 0. The number of halogens is 3. The Morgan fingerprint density at radius 2 is 1.93 bits per heavy atom. The molecule has 0 atom stereocenters. The van der Waals surface area contributed by atoms with Crippen LogP contribution in [0.4, 0.5) is 13.2 Å². The molecule has 0 saturated carbocycles. The summed E-state index contributed by atoms with van der Waals surface area (Å²) in [7, 11) is 1.48. The van der Waals surface area contributed by atoms with Gasteiger partial charge in [0.2, 0.25) is 5.89 Å². The first-order chi connectivity index (χ1) is 13.8. The molecule has 0 radical (unpaired) electrons. The SMILES string of the molecule is Cn1c(=O)n(Cc2ccc(-c3nnc(C(F)F)o3)cn2)c(=O)c2cc(F)ccc21. The summed E-state index contributed by atoms with van der Waals surface area (Å²) in [5.74, 6) is -1.53. The van der Waals surface area contributed by atoms with E-state index in [-0.39, 0.29) is 17.8 Å². The molecule has 4 aromatic rings. The average molecular weight is 403 g/mol. The minimum absolute atomic E-state index is 0.0640. The van der Waals surface area contributed by atoms with Crippen molar-refractivity contribution in [3.63, 3.8) is 0 Å². The van der Waals surface area contributed by atoms with E-state index >= 15 is 0 Å². The normalized spacial score (nSPS) is 11.5. The van der Waals surface area contributed by atoms with E-state index in [0.29, 0.717) is 16.8 Å². The highest BCUT2D eigenvalue weighted by molar-refractivity contribution is 5.77. The van der Waals surface area contributed by atoms with Gasteiger partial charge < -0.3 is 4.42 Å². The summed E-state index contributed by atoms with van der Waals surface area (Å²) in [4.78, 5) is 29.3. The number of fused-ring (bicyclic) bond motifs is 1. The van der Waals surface area contributed by atoms with Gasteiger partial charge in [0.15, 0.2) is 0 Å². The van der Waals surface area contributed by atoms with Crippen LogP contribution in [0.5, 0.6) is 0 Å². The Bertz CT molecular complexity index is 1330. The molecule has 0 aliphatic rings. The lowest BCUT2D eigenvalue weighted by molar-refractivity contribution is 0.116. The van der Waals surface area contributed by atoms with Crippen molar-refractivity contribution in [3.05, 3.63) is 74.8 Å². The van der Waals surface area contributed by atoms with Crippen LogP contribution in [-0.4, -0.2) is 24.3 Å². The molecule has 11 heteroatoms. The Labute approximate surface area is 159 Å². The van der Waals surface area contributed by atoms with Crippen molar-refractivity contribution in [1.82, 2.24) is 24.3 Å². The zero-order valence-corrected chi connectivity index (χ0v) is 14.8. The van der Waals surface area contributed by atoms with E-state index in [1.807, 2.05) is 0 Å². The monoisotopic (exact) mass is 403 g/mol. The van der Waals surface area contributed by atoms with Crippen LogP contribution in [0.25, 0.3) is 22.4 Å². The first-order valence-corrected chi connectivity index (χ1v) is 8.31. The van der Waals surface area contributed by atoms with Crippen LogP contribution in [0, 0.1) is 5.82 Å². The van der Waals surface area contributed by atoms with Crippen molar-refractivity contribution in [2.45, 2.75) is 13.0 Å². The second-order valence-corrected chi connectivity index (χ2v) is 6.18. The third kappa shape index (κ3) is 3.30. The minimum atomic E-state index is -2.88. The van der Waals surface area contributed by atoms with E-state index in [2.05, 4.69) is 15.2 Å². The van der Waals surface area contributed by atoms with Gasteiger partial charge in [0, 0.05) is 13.2 Å². The van der Waals surface area contributed by atoms with Crippen LogP contribution in [0.1, 0.15) is 18.0 Å². The molecule has 0 unspecified atom stereocenters. The summed E-state index contributed by atoms with van der Waals surface area (Å²) in [6.07, 6.45) is -1.58. The highest BCUT2D eigenvalue weighted by Crippen LogP contribution is 2.22. The Kier molecular flexibility index (Phi) is 4.49. The summed E-state index contributed by atoms with van der Waals surface area (Å²) in [5, 5.41) is 6.82. The zero-order chi connectivity index (χ0) is 20.7. The van der Waals surface area contributed by atoms with E-state index in [0.717, 1.165) is 10.6 Å². The predicted molar refractivity (Wildman–Crippen MR) is 95.0 cm³/mol. The molecule has 0 aliphatic carbocycles. The molecule has 4 rings (SSSR count). The number of rotatable bonds is 4. The second-order valence-electron chi connectivity index (χ2n) is 6.18. The van der Waals surface area contributed by atoms with Crippen molar-refractivity contribution in [3.8, 4) is 11.5 Å². The van der Waals surface area contributed by atoms with Crippen molar-refractivity contribution < 1.29 is 17.6 Å². The standard InChI is InChI=1S/C18H12F3N5O3/c1-25-13-5-3-10(19)6-12(13)17(27)26(18(25)28)8-11-4-2-9(7-22-11)15-23-24-16(29-15)14(20)21/h2-7,14H,8H2,1H3. The molecule has 8 nitrogen and oxygen atoms in total. The number of aromatic nitrogens is 5. The molecule has 0 saturated heterocycles. The van der Waals surface area contributed by atoms with Gasteiger partial charge in [-0.05, 0) is 30.3 Å². The second kappa shape index (κ2) is 7.00. The first-order valence-electron chi connectivity index (χ1n) is 8.31. The number of alkyl halides is 2. The molecular weight excluding hydrogens is 391 g/mol. The maximum atomic E-state index is 13.6. The van der Waals surface area contributed by atoms with Gasteiger partial charge in [0.1, 0.15) is 5.82 Å². The largest absolute Gasteiger partial charge is 0.415 e. The van der Waals surface area contributed by atoms with E-state index in [1.54, 1.807) is 0 Å². The molecule has 1 aromatic carbocycles. The van der Waals surface area contributed by atoms with Crippen LogP contribution in [0.2, 0.25) is 0 Å². The molecule has 0 aliphatic heterocycles. The topological polar surface area (TPSA) is 95.8 Å². The van der Waals surface area contributed by atoms with Crippen LogP contribution in [-0.2, 0) is 13.6 Å². The van der Waals surface area contributed by atoms with Crippen molar-refractivity contribution in [2.24, 2.45) is 7.05 Å². The lowest BCUT2D eigenvalue weighted by Gasteiger charge is -2.10. The molecule has 0 amide bonds. The summed E-state index contributed by atoms with van der Waals surface area (Å²) in [5.41, 5.74) is -0.274. The summed E-state index contributed by atoms with van der Waals surface area (Å²) in [6, 6.07) is 6.58. The van der Waals surface area contributed by atoms with Crippen LogP contribution < -0.4 is 11.2 Å². The van der Waals surface area contributed by atoms with Gasteiger partial charge in [-0.15, -0.1) is 10.2 Å². The lowest BCUT2D eigenvalue weighted by Crippen LogP contribution is -2.39. The number of pyridine rings is 1. The van der Waals surface area contributed by atoms with Crippen molar-refractivity contribution in [2.75, 3.05) is 0 Å². The van der Waals surface area contributed by atoms with Crippen LogP contribution >= 0.6 is 0 Å². The Morgan fingerprint density at radius 3 is 2.59 bits per heavy atom. The van der Waals surface area contributed by atoms with E-state index < -0.39 is 29.4 Å². The maximum Gasteiger partial charge on any atom is 0.331 e. The number of benzene rings is 1. The third-order valence-corrected chi connectivity index (χ3v) is 4.33. The van der Waals surface area contributed by atoms with Crippen molar-refractivity contribution >= 4 is 10.9 Å². The van der Waals surface area contributed by atoms with E-state index in [9.17, 15) is 22.8 Å². The molecule has 0 bridgehead atoms. The molecule has 3 heterocycles. The molecule has 29 heavy (non-hydrogen) atoms. The fraction of sp³-hybridized carbons (Fsp3) is 0.167. The van der Waals surface area contributed by atoms with Gasteiger partial charge in [-0.1, -0.05) is 0 Å². The molecule has 148 valence electrons. The quantitative estimate of drug-likeness (QED) is 0.519. The van der Waals surface area contributed by atoms with Crippen molar-refractivity contribution in [1.29, 1.82) is 0 Å². The number of hydrogen-bond donors (Lipinski definition) is 0. The van der Waals surface area contributed by atoms with Gasteiger partial charge in [-0.25, -0.2) is 9.18 Å². The maximum absolute atomic E-state index is 13.6. The fourth-order valence-electron chi connectivity index (χ4n) is 2.87. The molecular formula is C18H12F3N5O3. The Hall–Kier alpha value is -3.76. The fourth-order valence-corrected chi connectivity index (χ4v) is 2.87. The zero-order valence-electron chi connectivity index (χ0n) is 14.8. The Morgan fingerprint density at radius 1 is 1.14 bits per heavy atom. The summed E-state index contributed by atoms with van der Waals surface area (Å²) in [6.45, 7) is -0.162. The number of nitrogens with zero attached hydrogens (tertiary/aromatic N) is 5.